The van der Waals surface area contributed by atoms with Crippen LogP contribution >= 0.6 is 0 Å². The van der Waals surface area contributed by atoms with E-state index >= 15 is 0 Å². The molecule has 0 saturated carbocycles. The minimum absolute atomic E-state index is 0.00404. The number of nitrogens with zero attached hydrogens (tertiary/aromatic N) is 2. The number of rotatable bonds is 7. The average molecular weight is 412 g/mol. The lowest BCUT2D eigenvalue weighted by molar-refractivity contribution is -0.118. The van der Waals surface area contributed by atoms with Gasteiger partial charge in [0.1, 0.15) is 5.75 Å². The van der Waals surface area contributed by atoms with Crippen molar-refractivity contribution in [2.45, 2.75) is 18.7 Å². The summed E-state index contributed by atoms with van der Waals surface area (Å²) in [7, 11) is -3.84. The third kappa shape index (κ3) is 5.76. The van der Waals surface area contributed by atoms with Crippen LogP contribution in [-0.4, -0.2) is 30.9 Å². The Labute approximate surface area is 169 Å². The molecule has 0 radical (unpaired) electrons. The summed E-state index contributed by atoms with van der Waals surface area (Å²) in [4.78, 5) is 20.0. The van der Waals surface area contributed by atoms with Gasteiger partial charge in [0, 0.05) is 17.6 Å². The van der Waals surface area contributed by atoms with Crippen LogP contribution in [0.4, 0.5) is 11.6 Å². The number of hydrogen-bond donors (Lipinski definition) is 2. The highest BCUT2D eigenvalue weighted by atomic mass is 32.2. The zero-order valence-electron chi connectivity index (χ0n) is 15.9. The van der Waals surface area contributed by atoms with Gasteiger partial charge in [-0.15, -0.1) is 0 Å². The van der Waals surface area contributed by atoms with Crippen molar-refractivity contribution in [3.8, 4) is 5.75 Å². The molecule has 9 heteroatoms. The third-order valence-corrected chi connectivity index (χ3v) is 5.20. The van der Waals surface area contributed by atoms with Gasteiger partial charge in [0.25, 0.3) is 15.9 Å². The van der Waals surface area contributed by atoms with Crippen molar-refractivity contribution >= 4 is 27.6 Å². The molecule has 1 aromatic heterocycles. The molecule has 8 nitrogen and oxygen atoms in total. The van der Waals surface area contributed by atoms with Crippen LogP contribution in [-0.2, 0) is 14.8 Å². The fourth-order valence-electron chi connectivity index (χ4n) is 2.38. The van der Waals surface area contributed by atoms with E-state index in [-0.39, 0.29) is 23.4 Å². The van der Waals surface area contributed by atoms with Gasteiger partial charge in [0.2, 0.25) is 5.95 Å². The highest BCUT2D eigenvalue weighted by Crippen LogP contribution is 2.17. The van der Waals surface area contributed by atoms with Crippen LogP contribution in [0, 0.1) is 13.8 Å². The minimum Gasteiger partial charge on any atom is -0.484 e. The summed E-state index contributed by atoms with van der Waals surface area (Å²) in [5.74, 6) is 0.236. The SMILES string of the molecule is Cc1ccc(OCC(=O)Nc2ccc(S(=O)(=O)Nc3nccc(C)n3)cc2)cc1. The van der Waals surface area contributed by atoms with E-state index in [2.05, 4.69) is 20.0 Å². The van der Waals surface area contributed by atoms with Crippen molar-refractivity contribution in [3.63, 3.8) is 0 Å². The van der Waals surface area contributed by atoms with E-state index in [1.54, 1.807) is 25.1 Å². The van der Waals surface area contributed by atoms with Gasteiger partial charge in [-0.3, -0.25) is 4.79 Å². The number of carbonyl (C=O) groups is 1. The summed E-state index contributed by atoms with van der Waals surface area (Å²) < 4.78 is 32.6. The maximum atomic E-state index is 12.4. The number of nitrogens with one attached hydrogen (secondary N) is 2. The quantitative estimate of drug-likeness (QED) is 0.617. The van der Waals surface area contributed by atoms with Crippen LogP contribution in [0.3, 0.4) is 0 Å². The predicted octanol–water partition coefficient (Wildman–Crippen LogP) is 2.91. The second-order valence-corrected chi connectivity index (χ2v) is 7.98. The van der Waals surface area contributed by atoms with Gasteiger partial charge in [0.15, 0.2) is 6.61 Å². The molecule has 0 saturated heterocycles. The normalized spacial score (nSPS) is 11.0. The molecule has 0 unspecified atom stereocenters. The number of aromatic nitrogens is 2. The average Bonchev–Trinajstić information content (AvgIpc) is 2.68. The van der Waals surface area contributed by atoms with Gasteiger partial charge in [-0.05, 0) is 56.3 Å². The van der Waals surface area contributed by atoms with Crippen molar-refractivity contribution < 1.29 is 17.9 Å². The van der Waals surface area contributed by atoms with Crippen LogP contribution < -0.4 is 14.8 Å². The molecule has 1 heterocycles. The summed E-state index contributed by atoms with van der Waals surface area (Å²) >= 11 is 0. The smallest absolute Gasteiger partial charge is 0.264 e. The van der Waals surface area contributed by atoms with E-state index in [4.69, 9.17) is 4.74 Å². The number of benzene rings is 2. The first-order chi connectivity index (χ1) is 13.8. The minimum atomic E-state index is -3.84. The number of sulfonamides is 1. The Morgan fingerprint density at radius 2 is 1.69 bits per heavy atom. The molecular formula is C20H20N4O4S. The van der Waals surface area contributed by atoms with Crippen molar-refractivity contribution in [2.24, 2.45) is 0 Å². The molecule has 2 N–H and O–H groups in total. The number of anilines is 2. The fourth-order valence-corrected chi connectivity index (χ4v) is 3.33. The number of carbonyl (C=O) groups excluding carboxylic acids is 1. The van der Waals surface area contributed by atoms with E-state index in [9.17, 15) is 13.2 Å². The molecule has 3 rings (SSSR count). The highest BCUT2D eigenvalue weighted by molar-refractivity contribution is 7.92. The summed E-state index contributed by atoms with van der Waals surface area (Å²) in [5, 5.41) is 2.66. The van der Waals surface area contributed by atoms with Gasteiger partial charge in [-0.2, -0.15) is 0 Å². The monoisotopic (exact) mass is 412 g/mol. The first-order valence-corrected chi connectivity index (χ1v) is 10.2. The van der Waals surface area contributed by atoms with E-state index in [1.807, 2.05) is 19.1 Å². The van der Waals surface area contributed by atoms with Gasteiger partial charge in [-0.1, -0.05) is 17.7 Å². The molecular weight excluding hydrogens is 392 g/mol. The molecule has 29 heavy (non-hydrogen) atoms. The zero-order chi connectivity index (χ0) is 20.9. The Morgan fingerprint density at radius 1 is 1.00 bits per heavy atom. The molecule has 0 aliphatic carbocycles. The molecule has 2 aromatic carbocycles. The number of hydrogen-bond acceptors (Lipinski definition) is 6. The first kappa shape index (κ1) is 20.3. The molecule has 0 aliphatic heterocycles. The summed E-state index contributed by atoms with van der Waals surface area (Å²) in [5.41, 5.74) is 2.19. The summed E-state index contributed by atoms with van der Waals surface area (Å²) in [6.07, 6.45) is 1.47. The zero-order valence-corrected chi connectivity index (χ0v) is 16.7. The van der Waals surface area contributed by atoms with E-state index in [0.29, 0.717) is 17.1 Å². The van der Waals surface area contributed by atoms with E-state index in [1.165, 1.54) is 30.5 Å². The lowest BCUT2D eigenvalue weighted by Crippen LogP contribution is -2.20. The second kappa shape index (κ2) is 8.70. The molecule has 150 valence electrons. The lowest BCUT2D eigenvalue weighted by atomic mass is 10.2. The first-order valence-electron chi connectivity index (χ1n) is 8.74. The maximum absolute atomic E-state index is 12.4. The van der Waals surface area contributed by atoms with Crippen molar-refractivity contribution in [1.29, 1.82) is 0 Å². The molecule has 0 atom stereocenters. The van der Waals surface area contributed by atoms with Crippen molar-refractivity contribution in [2.75, 3.05) is 16.6 Å². The topological polar surface area (TPSA) is 110 Å². The Balaban J connectivity index is 1.58. The van der Waals surface area contributed by atoms with E-state index in [0.717, 1.165) is 5.56 Å². The van der Waals surface area contributed by atoms with Crippen LogP contribution in [0.5, 0.6) is 5.75 Å². The van der Waals surface area contributed by atoms with Gasteiger partial charge >= 0.3 is 0 Å². The molecule has 0 bridgehead atoms. The maximum Gasteiger partial charge on any atom is 0.264 e. The Bertz CT molecular complexity index is 1100. The number of ether oxygens (including phenoxy) is 1. The molecule has 1 amide bonds. The van der Waals surface area contributed by atoms with Crippen LogP contribution in [0.25, 0.3) is 0 Å². The summed E-state index contributed by atoms with van der Waals surface area (Å²) in [6.45, 7) is 3.54. The predicted molar refractivity (Wildman–Crippen MR) is 109 cm³/mol. The number of amides is 1. The molecule has 0 spiro atoms. The van der Waals surface area contributed by atoms with Crippen LogP contribution in [0.15, 0.2) is 65.7 Å². The van der Waals surface area contributed by atoms with E-state index < -0.39 is 10.0 Å². The van der Waals surface area contributed by atoms with Crippen LogP contribution in [0.2, 0.25) is 0 Å². The largest absolute Gasteiger partial charge is 0.484 e. The van der Waals surface area contributed by atoms with Gasteiger partial charge in [0.05, 0.1) is 4.90 Å². The second-order valence-electron chi connectivity index (χ2n) is 6.30. The van der Waals surface area contributed by atoms with Crippen molar-refractivity contribution in [1.82, 2.24) is 9.97 Å². The Morgan fingerprint density at radius 3 is 2.34 bits per heavy atom. The highest BCUT2D eigenvalue weighted by Gasteiger charge is 2.16. The van der Waals surface area contributed by atoms with Crippen molar-refractivity contribution in [3.05, 3.63) is 72.1 Å². The van der Waals surface area contributed by atoms with Gasteiger partial charge in [-0.25, -0.2) is 23.1 Å². The Kier molecular flexibility index (Phi) is 6.08. The number of aryl methyl sites for hydroxylation is 2. The fraction of sp³-hybridized carbons (Fsp3) is 0.150. The standard InChI is InChI=1S/C20H20N4O4S/c1-14-3-7-17(8-4-14)28-13-19(25)23-16-5-9-18(10-6-16)29(26,27)24-20-21-12-11-15(2)22-20/h3-12H,13H2,1-2H3,(H,23,25)(H,21,22,24). The van der Waals surface area contributed by atoms with Crippen LogP contribution in [0.1, 0.15) is 11.3 Å². The molecule has 0 fully saturated rings. The lowest BCUT2D eigenvalue weighted by Gasteiger charge is -2.09. The summed E-state index contributed by atoms with van der Waals surface area (Å²) in [6, 6.07) is 14.8. The molecule has 0 aliphatic rings. The molecule has 3 aromatic rings. The van der Waals surface area contributed by atoms with Gasteiger partial charge < -0.3 is 10.1 Å². The third-order valence-electron chi connectivity index (χ3n) is 3.86. The Hall–Kier alpha value is -3.46.